The number of nitrogens with zero attached hydrogens (tertiary/aromatic N) is 3. The average Bonchev–Trinajstić information content (AvgIpc) is 3.31. The van der Waals surface area contributed by atoms with Crippen molar-refractivity contribution in [2.45, 2.75) is 22.9 Å². The van der Waals surface area contributed by atoms with E-state index in [2.05, 4.69) is 15.5 Å². The predicted molar refractivity (Wildman–Crippen MR) is 116 cm³/mol. The van der Waals surface area contributed by atoms with Gasteiger partial charge in [0.1, 0.15) is 5.82 Å². The standard InChI is InChI=1S/C21H17FN4O3S2/c22-14-9-7-13(8-10-14)12-30-21-25-24-20(31-21)23-17(27)6-3-11-26-18(28)15-4-1-2-5-16(15)19(26)29/h1-2,4-5,7-10H,3,6,11-12H2,(H,23,24,27). The van der Waals surface area contributed by atoms with Gasteiger partial charge in [0.25, 0.3) is 11.8 Å². The summed E-state index contributed by atoms with van der Waals surface area (Å²) in [5.41, 5.74) is 1.76. The molecule has 0 spiro atoms. The Hall–Kier alpha value is -3.11. The number of benzene rings is 2. The van der Waals surface area contributed by atoms with Crippen LogP contribution >= 0.6 is 23.1 Å². The van der Waals surface area contributed by atoms with Crippen LogP contribution in [-0.4, -0.2) is 39.4 Å². The molecule has 2 aromatic carbocycles. The molecule has 3 amide bonds. The van der Waals surface area contributed by atoms with Crippen molar-refractivity contribution in [1.29, 1.82) is 0 Å². The summed E-state index contributed by atoms with van der Waals surface area (Å²) in [4.78, 5) is 38.0. The molecule has 31 heavy (non-hydrogen) atoms. The minimum atomic E-state index is -0.326. The van der Waals surface area contributed by atoms with E-state index in [4.69, 9.17) is 0 Å². The maximum Gasteiger partial charge on any atom is 0.261 e. The second-order valence-electron chi connectivity index (χ2n) is 6.75. The third-order valence-electron chi connectivity index (χ3n) is 4.59. The van der Waals surface area contributed by atoms with Gasteiger partial charge in [-0.2, -0.15) is 0 Å². The van der Waals surface area contributed by atoms with Crippen molar-refractivity contribution in [3.05, 3.63) is 71.0 Å². The first-order chi connectivity index (χ1) is 15.0. The average molecular weight is 457 g/mol. The van der Waals surface area contributed by atoms with Gasteiger partial charge in [-0.1, -0.05) is 47.4 Å². The SMILES string of the molecule is O=C(CCCN1C(=O)c2ccccc2C1=O)Nc1nnc(SCc2ccc(F)cc2)s1. The summed E-state index contributed by atoms with van der Waals surface area (Å²) in [6.45, 7) is 0.175. The molecular weight excluding hydrogens is 439 g/mol. The van der Waals surface area contributed by atoms with Gasteiger partial charge in [0.15, 0.2) is 4.34 Å². The molecule has 0 fully saturated rings. The van der Waals surface area contributed by atoms with Gasteiger partial charge in [0, 0.05) is 18.7 Å². The summed E-state index contributed by atoms with van der Waals surface area (Å²) in [6, 6.07) is 12.9. The third-order valence-corrected chi connectivity index (χ3v) is 6.64. The normalized spacial score (nSPS) is 12.9. The fourth-order valence-corrected chi connectivity index (χ4v) is 4.79. The number of rotatable bonds is 8. The molecule has 4 rings (SSSR count). The minimum Gasteiger partial charge on any atom is -0.301 e. The lowest BCUT2D eigenvalue weighted by Crippen LogP contribution is -2.31. The minimum absolute atomic E-state index is 0.144. The molecule has 1 N–H and O–H groups in total. The first-order valence-corrected chi connectivity index (χ1v) is 11.3. The third kappa shape index (κ3) is 4.97. The lowest BCUT2D eigenvalue weighted by atomic mass is 10.1. The second-order valence-corrected chi connectivity index (χ2v) is 8.95. The highest BCUT2D eigenvalue weighted by Crippen LogP contribution is 2.28. The van der Waals surface area contributed by atoms with Gasteiger partial charge < -0.3 is 5.32 Å². The molecule has 0 aliphatic carbocycles. The first kappa shape index (κ1) is 21.1. The maximum atomic E-state index is 12.9. The van der Waals surface area contributed by atoms with Gasteiger partial charge >= 0.3 is 0 Å². The number of carbonyl (C=O) groups excluding carboxylic acids is 3. The molecule has 0 unspecified atom stereocenters. The molecule has 2 heterocycles. The van der Waals surface area contributed by atoms with Crippen molar-refractivity contribution in [2.75, 3.05) is 11.9 Å². The van der Waals surface area contributed by atoms with E-state index < -0.39 is 0 Å². The van der Waals surface area contributed by atoms with Crippen LogP contribution in [0.4, 0.5) is 9.52 Å². The zero-order valence-corrected chi connectivity index (χ0v) is 17.8. The van der Waals surface area contributed by atoms with Crippen LogP contribution in [0.2, 0.25) is 0 Å². The summed E-state index contributed by atoms with van der Waals surface area (Å²) < 4.78 is 13.6. The molecule has 0 radical (unpaired) electrons. The number of fused-ring (bicyclic) bond motifs is 1. The van der Waals surface area contributed by atoms with E-state index >= 15 is 0 Å². The Morgan fingerprint density at radius 1 is 1.03 bits per heavy atom. The quantitative estimate of drug-likeness (QED) is 0.313. The topological polar surface area (TPSA) is 92.3 Å². The smallest absolute Gasteiger partial charge is 0.261 e. The lowest BCUT2D eigenvalue weighted by molar-refractivity contribution is -0.116. The number of aromatic nitrogens is 2. The van der Waals surface area contributed by atoms with Crippen LogP contribution in [-0.2, 0) is 10.5 Å². The molecule has 0 saturated carbocycles. The molecule has 0 atom stereocenters. The number of halogens is 1. The zero-order chi connectivity index (χ0) is 21.8. The number of thioether (sulfide) groups is 1. The summed E-state index contributed by atoms with van der Waals surface area (Å²) in [5.74, 6) is -0.579. The largest absolute Gasteiger partial charge is 0.301 e. The number of nitrogens with one attached hydrogen (secondary N) is 1. The molecule has 0 bridgehead atoms. The molecule has 0 saturated heterocycles. The molecule has 1 aliphatic heterocycles. The Kier molecular flexibility index (Phi) is 6.38. The van der Waals surface area contributed by atoms with Gasteiger partial charge in [-0.3, -0.25) is 19.3 Å². The molecule has 10 heteroatoms. The Morgan fingerprint density at radius 2 is 1.71 bits per heavy atom. The van der Waals surface area contributed by atoms with E-state index in [1.54, 1.807) is 36.4 Å². The Bertz CT molecular complexity index is 1100. The van der Waals surface area contributed by atoms with Gasteiger partial charge in [-0.05, 0) is 36.2 Å². The Morgan fingerprint density at radius 3 is 2.39 bits per heavy atom. The van der Waals surface area contributed by atoms with Gasteiger partial charge in [0.2, 0.25) is 11.0 Å². The summed E-state index contributed by atoms with van der Waals surface area (Å²) in [5, 5.41) is 11.1. The highest BCUT2D eigenvalue weighted by Gasteiger charge is 2.34. The van der Waals surface area contributed by atoms with Crippen molar-refractivity contribution in [1.82, 2.24) is 15.1 Å². The van der Waals surface area contributed by atoms with Gasteiger partial charge in [-0.25, -0.2) is 4.39 Å². The number of amides is 3. The Labute approximate surface area is 185 Å². The summed E-state index contributed by atoms with van der Waals surface area (Å²) >= 11 is 2.70. The molecule has 3 aromatic rings. The predicted octanol–water partition coefficient (Wildman–Crippen LogP) is 3.98. The van der Waals surface area contributed by atoms with Crippen molar-refractivity contribution >= 4 is 46.0 Å². The number of carbonyl (C=O) groups is 3. The van der Waals surface area contributed by atoms with E-state index in [1.165, 1.54) is 40.1 Å². The van der Waals surface area contributed by atoms with E-state index in [-0.39, 0.29) is 36.5 Å². The highest BCUT2D eigenvalue weighted by molar-refractivity contribution is 8.00. The van der Waals surface area contributed by atoms with Crippen LogP contribution in [0.3, 0.4) is 0 Å². The molecule has 1 aromatic heterocycles. The molecule has 1 aliphatic rings. The first-order valence-electron chi connectivity index (χ1n) is 9.47. The van der Waals surface area contributed by atoms with Crippen LogP contribution in [0.15, 0.2) is 52.9 Å². The van der Waals surface area contributed by atoms with Gasteiger partial charge in [0.05, 0.1) is 11.1 Å². The monoisotopic (exact) mass is 456 g/mol. The van der Waals surface area contributed by atoms with Gasteiger partial charge in [-0.15, -0.1) is 10.2 Å². The zero-order valence-electron chi connectivity index (χ0n) is 16.2. The fraction of sp³-hybridized carbons (Fsp3) is 0.190. The summed E-state index contributed by atoms with van der Waals surface area (Å²) in [7, 11) is 0. The Balaban J connectivity index is 1.22. The van der Waals surface area contributed by atoms with Crippen LogP contribution in [0.5, 0.6) is 0 Å². The van der Waals surface area contributed by atoms with E-state index in [9.17, 15) is 18.8 Å². The molecule has 158 valence electrons. The van der Waals surface area contributed by atoms with Crippen LogP contribution in [0.1, 0.15) is 39.1 Å². The summed E-state index contributed by atoms with van der Waals surface area (Å²) in [6.07, 6.45) is 0.493. The van der Waals surface area contributed by atoms with Crippen LogP contribution in [0.25, 0.3) is 0 Å². The number of imide groups is 1. The van der Waals surface area contributed by atoms with Crippen LogP contribution < -0.4 is 5.32 Å². The molecule has 7 nitrogen and oxygen atoms in total. The number of anilines is 1. The second kappa shape index (κ2) is 9.36. The maximum absolute atomic E-state index is 12.9. The lowest BCUT2D eigenvalue weighted by Gasteiger charge is -2.13. The van der Waals surface area contributed by atoms with E-state index in [1.807, 2.05) is 0 Å². The van der Waals surface area contributed by atoms with E-state index in [0.717, 1.165) is 5.56 Å². The fourth-order valence-electron chi connectivity index (χ4n) is 3.07. The van der Waals surface area contributed by atoms with Crippen molar-refractivity contribution in [3.63, 3.8) is 0 Å². The highest BCUT2D eigenvalue weighted by atomic mass is 32.2. The van der Waals surface area contributed by atoms with Crippen molar-refractivity contribution in [3.8, 4) is 0 Å². The number of hydrogen-bond acceptors (Lipinski definition) is 7. The molecular formula is C21H17FN4O3S2. The van der Waals surface area contributed by atoms with Crippen molar-refractivity contribution < 1.29 is 18.8 Å². The number of hydrogen-bond donors (Lipinski definition) is 1. The van der Waals surface area contributed by atoms with E-state index in [0.29, 0.717) is 32.8 Å². The van der Waals surface area contributed by atoms with Crippen molar-refractivity contribution in [2.24, 2.45) is 0 Å². The van der Waals surface area contributed by atoms with Crippen LogP contribution in [0, 0.1) is 5.82 Å².